The molecular weight excluding hydrogens is 437 g/mol. The molecule has 0 saturated heterocycles. The molecule has 3 rings (SSSR count). The van der Waals surface area contributed by atoms with Crippen LogP contribution < -0.4 is 9.21 Å². The second-order valence-electron chi connectivity index (χ2n) is 6.57. The molecule has 0 bridgehead atoms. The summed E-state index contributed by atoms with van der Waals surface area (Å²) < 4.78 is 63.8. The number of aromatic nitrogens is 2. The molecule has 0 N–H and O–H groups in total. The van der Waals surface area contributed by atoms with Crippen LogP contribution in [0.5, 0.6) is 0 Å². The fraction of sp³-hybridized carbons (Fsp3) is 0.353. The van der Waals surface area contributed by atoms with Crippen molar-refractivity contribution in [2.24, 2.45) is 17.3 Å². The van der Waals surface area contributed by atoms with E-state index in [4.69, 9.17) is 10.5 Å². The molecule has 1 atom stereocenters. The maximum absolute atomic E-state index is 13.5. The summed E-state index contributed by atoms with van der Waals surface area (Å²) in [6.07, 6.45) is -3.91. The zero-order chi connectivity index (χ0) is 22.9. The van der Waals surface area contributed by atoms with Gasteiger partial charge in [-0.05, 0) is 30.5 Å². The van der Waals surface area contributed by atoms with Crippen LogP contribution in [0.25, 0.3) is 0 Å². The minimum atomic E-state index is -5.23. The molecule has 1 aromatic heterocycles. The fourth-order valence-electron chi connectivity index (χ4n) is 3.22. The second-order valence-corrected chi connectivity index (χ2v) is 7.37. The number of azo groups is 1. The largest absolute Gasteiger partial charge is 0.755 e. The van der Waals surface area contributed by atoms with E-state index < -0.39 is 27.6 Å². The Morgan fingerprint density at radius 3 is 2.52 bits per heavy atom. The summed E-state index contributed by atoms with van der Waals surface area (Å²) in [5.74, 6) is -0.198. The highest BCUT2D eigenvalue weighted by atomic mass is 32.2. The van der Waals surface area contributed by atoms with Crippen LogP contribution in [-0.2, 0) is 24.7 Å². The lowest BCUT2D eigenvalue weighted by molar-refractivity contribution is -0.115. The van der Waals surface area contributed by atoms with Gasteiger partial charge in [-0.3, -0.25) is 4.21 Å². The zero-order valence-electron chi connectivity index (χ0n) is 16.2. The molecule has 2 aromatic rings. The van der Waals surface area contributed by atoms with Gasteiger partial charge in [0.05, 0.1) is 17.0 Å². The SMILES string of the molecule is CN1CCCc2cc(N=Nc3nc(C#N)c(C#N)n3C)c(N(S(=O)[O-])C(F)(F)F)cc21. The number of anilines is 2. The van der Waals surface area contributed by atoms with E-state index in [0.29, 0.717) is 24.2 Å². The van der Waals surface area contributed by atoms with Crippen LogP contribution in [0, 0.1) is 22.7 Å². The van der Waals surface area contributed by atoms with E-state index in [-0.39, 0.29) is 23.0 Å². The average Bonchev–Trinajstić information content (AvgIpc) is 3.00. The van der Waals surface area contributed by atoms with Crippen molar-refractivity contribution in [3.05, 3.63) is 29.1 Å². The number of nitriles is 2. The molecule has 1 aliphatic heterocycles. The summed E-state index contributed by atoms with van der Waals surface area (Å²) in [5, 5.41) is 25.7. The predicted octanol–water partition coefficient (Wildman–Crippen LogP) is 3.08. The Bertz CT molecular complexity index is 1160. The van der Waals surface area contributed by atoms with E-state index in [9.17, 15) is 21.9 Å². The standard InChI is InChI=1S/C17H15F3N8O2S/c1-26-5-3-4-10-6-11(14(7-13(10)26)28(31(29)30)17(18,19)20)24-25-16-23-12(8-21)15(9-22)27(16)2/h6-7H,3-5H2,1-2H3,(H,29,30)/p-1. The predicted molar refractivity (Wildman–Crippen MR) is 102 cm³/mol. The Labute approximate surface area is 177 Å². The monoisotopic (exact) mass is 451 g/mol. The molecule has 162 valence electrons. The molecule has 0 aliphatic carbocycles. The van der Waals surface area contributed by atoms with E-state index in [2.05, 4.69) is 15.2 Å². The molecule has 0 amide bonds. The summed E-state index contributed by atoms with van der Waals surface area (Å²) in [7, 11) is 3.08. The summed E-state index contributed by atoms with van der Waals surface area (Å²) in [6, 6.07) is 5.94. The third kappa shape index (κ3) is 4.21. The number of aryl methyl sites for hydroxylation is 1. The van der Waals surface area contributed by atoms with E-state index in [0.717, 1.165) is 17.1 Å². The van der Waals surface area contributed by atoms with Crippen LogP contribution in [0.4, 0.5) is 36.2 Å². The Morgan fingerprint density at radius 2 is 1.97 bits per heavy atom. The van der Waals surface area contributed by atoms with Gasteiger partial charge in [-0.1, -0.05) is 0 Å². The number of halogens is 3. The fourth-order valence-corrected chi connectivity index (χ4v) is 3.69. The van der Waals surface area contributed by atoms with Gasteiger partial charge < -0.3 is 14.0 Å². The molecule has 10 nitrogen and oxygen atoms in total. The molecule has 1 aliphatic rings. The van der Waals surface area contributed by atoms with Crippen molar-refractivity contribution in [3.8, 4) is 12.1 Å². The molecule has 0 radical (unpaired) electrons. The molecule has 14 heteroatoms. The van der Waals surface area contributed by atoms with Gasteiger partial charge in [0, 0.05) is 26.3 Å². The molecule has 31 heavy (non-hydrogen) atoms. The smallest absolute Gasteiger partial charge is 0.495 e. The molecule has 1 aromatic carbocycles. The third-order valence-electron chi connectivity index (χ3n) is 4.66. The highest BCUT2D eigenvalue weighted by Gasteiger charge is 2.41. The molecular formula is C17H14F3N8O2S-. The van der Waals surface area contributed by atoms with Crippen molar-refractivity contribution >= 4 is 34.3 Å². The maximum Gasteiger partial charge on any atom is 0.495 e. The lowest BCUT2D eigenvalue weighted by atomic mass is 10.0. The van der Waals surface area contributed by atoms with Gasteiger partial charge in [-0.15, -0.1) is 23.4 Å². The minimum Gasteiger partial charge on any atom is -0.755 e. The third-order valence-corrected chi connectivity index (χ3v) is 5.36. The van der Waals surface area contributed by atoms with Crippen LogP contribution in [0.3, 0.4) is 0 Å². The quantitative estimate of drug-likeness (QED) is 0.398. The zero-order valence-corrected chi connectivity index (χ0v) is 17.0. The summed E-state index contributed by atoms with van der Waals surface area (Å²) >= 11 is -3.67. The van der Waals surface area contributed by atoms with Crippen LogP contribution in [0.15, 0.2) is 22.4 Å². The number of nitrogens with zero attached hydrogens (tertiary/aromatic N) is 8. The first kappa shape index (κ1) is 22.2. The molecule has 0 spiro atoms. The molecule has 2 heterocycles. The van der Waals surface area contributed by atoms with Gasteiger partial charge >= 0.3 is 6.30 Å². The minimum absolute atomic E-state index is 0.0960. The van der Waals surface area contributed by atoms with Crippen molar-refractivity contribution in [2.45, 2.75) is 19.1 Å². The van der Waals surface area contributed by atoms with Crippen LogP contribution in [-0.4, -0.2) is 38.2 Å². The highest BCUT2D eigenvalue weighted by Crippen LogP contribution is 2.42. The number of rotatable bonds is 4. The van der Waals surface area contributed by atoms with Gasteiger partial charge in [0.2, 0.25) is 0 Å². The number of hydrogen-bond acceptors (Lipinski definition) is 8. The molecule has 0 fully saturated rings. The van der Waals surface area contributed by atoms with Crippen molar-refractivity contribution in [1.29, 1.82) is 10.5 Å². The van der Waals surface area contributed by atoms with Gasteiger partial charge in [-0.2, -0.15) is 15.5 Å². The van der Waals surface area contributed by atoms with E-state index in [1.807, 2.05) is 0 Å². The number of imidazole rings is 1. The summed E-state index contributed by atoms with van der Waals surface area (Å²) in [6.45, 7) is 0.598. The lowest BCUT2D eigenvalue weighted by Gasteiger charge is -2.33. The van der Waals surface area contributed by atoms with Crippen LogP contribution in [0.1, 0.15) is 23.4 Å². The van der Waals surface area contributed by atoms with Crippen molar-refractivity contribution in [2.75, 3.05) is 22.8 Å². The van der Waals surface area contributed by atoms with Gasteiger partial charge in [0.25, 0.3) is 5.95 Å². The van der Waals surface area contributed by atoms with Gasteiger partial charge in [-0.25, -0.2) is 4.31 Å². The van der Waals surface area contributed by atoms with Crippen molar-refractivity contribution in [1.82, 2.24) is 9.55 Å². The number of hydrogen-bond donors (Lipinski definition) is 0. The normalized spacial score (nSPS) is 14.8. The Kier molecular flexibility index (Phi) is 5.97. The Balaban J connectivity index is 2.19. The topological polar surface area (TPSA) is 137 Å². The first-order valence-electron chi connectivity index (χ1n) is 8.71. The van der Waals surface area contributed by atoms with Gasteiger partial charge in [0.15, 0.2) is 11.4 Å². The second kappa shape index (κ2) is 8.33. The number of benzene rings is 1. The van der Waals surface area contributed by atoms with Crippen LogP contribution in [0.2, 0.25) is 0 Å². The summed E-state index contributed by atoms with van der Waals surface area (Å²) in [4.78, 5) is 5.55. The number of fused-ring (bicyclic) bond motifs is 1. The maximum atomic E-state index is 13.5. The Hall–Kier alpha value is -3.49. The highest BCUT2D eigenvalue weighted by molar-refractivity contribution is 7.80. The first-order valence-corrected chi connectivity index (χ1v) is 9.74. The number of alkyl halides is 3. The van der Waals surface area contributed by atoms with Gasteiger partial charge in [0.1, 0.15) is 17.8 Å². The first-order chi connectivity index (χ1) is 14.6. The molecule has 1 unspecified atom stereocenters. The average molecular weight is 451 g/mol. The Morgan fingerprint density at radius 1 is 1.26 bits per heavy atom. The lowest BCUT2D eigenvalue weighted by Crippen LogP contribution is -2.39. The van der Waals surface area contributed by atoms with E-state index in [1.54, 1.807) is 24.1 Å². The van der Waals surface area contributed by atoms with Crippen molar-refractivity contribution < 1.29 is 21.9 Å². The van der Waals surface area contributed by atoms with E-state index >= 15 is 0 Å². The summed E-state index contributed by atoms with van der Waals surface area (Å²) in [5.41, 5.74) is -0.260. The molecule has 0 saturated carbocycles. The van der Waals surface area contributed by atoms with Crippen molar-refractivity contribution in [3.63, 3.8) is 0 Å². The van der Waals surface area contributed by atoms with E-state index in [1.165, 1.54) is 13.1 Å². The van der Waals surface area contributed by atoms with Crippen LogP contribution >= 0.6 is 0 Å².